The minimum absolute atomic E-state index is 0.329. The van der Waals surface area contributed by atoms with Crippen molar-refractivity contribution < 1.29 is 44.6 Å². The summed E-state index contributed by atoms with van der Waals surface area (Å²) in [5.74, 6) is -12.2. The highest BCUT2D eigenvalue weighted by Crippen LogP contribution is 2.48. The van der Waals surface area contributed by atoms with Gasteiger partial charge in [-0.15, -0.1) is 0 Å². The molecule has 0 bridgehead atoms. The number of hydrogen-bond donors (Lipinski definition) is 0. The lowest BCUT2D eigenvalue weighted by Crippen LogP contribution is -2.55. The molecular weight excluding hydrogens is 316 g/mol. The molecule has 0 aromatic rings. The lowest BCUT2D eigenvalue weighted by molar-refractivity contribution is -0.472. The standard InChI is InChI=1S/C11H16F8O2/c1-7(2)9(14,15)11(18,19)21-10(16,17)8(12,13)5-4-6-20-3/h7H,4-6H2,1-3H3. The molecule has 0 aromatic carbocycles. The van der Waals surface area contributed by atoms with Crippen molar-refractivity contribution in [3.05, 3.63) is 0 Å². The van der Waals surface area contributed by atoms with Crippen molar-refractivity contribution in [1.82, 2.24) is 0 Å². The number of alkyl halides is 8. The predicted molar refractivity (Wildman–Crippen MR) is 56.8 cm³/mol. The minimum atomic E-state index is -5.75. The summed E-state index contributed by atoms with van der Waals surface area (Å²) < 4.78 is 112. The molecule has 0 aliphatic rings. The van der Waals surface area contributed by atoms with Gasteiger partial charge in [-0.1, -0.05) is 13.8 Å². The molecule has 10 heteroatoms. The van der Waals surface area contributed by atoms with Crippen LogP contribution in [0.3, 0.4) is 0 Å². The van der Waals surface area contributed by atoms with Crippen LogP contribution in [0.1, 0.15) is 26.7 Å². The van der Waals surface area contributed by atoms with Crippen molar-refractivity contribution >= 4 is 0 Å². The summed E-state index contributed by atoms with van der Waals surface area (Å²) in [5.41, 5.74) is 0. The smallest absolute Gasteiger partial charge is 0.385 e. The van der Waals surface area contributed by atoms with Gasteiger partial charge in [0.2, 0.25) is 0 Å². The Morgan fingerprint density at radius 2 is 1.33 bits per heavy atom. The molecule has 0 aliphatic heterocycles. The maximum Gasteiger partial charge on any atom is 0.424 e. The fraction of sp³-hybridized carbons (Fsp3) is 1.00. The Morgan fingerprint density at radius 3 is 1.71 bits per heavy atom. The van der Waals surface area contributed by atoms with E-state index in [1.807, 2.05) is 0 Å². The van der Waals surface area contributed by atoms with Crippen molar-refractivity contribution in [2.24, 2.45) is 5.92 Å². The molecule has 21 heavy (non-hydrogen) atoms. The summed E-state index contributed by atoms with van der Waals surface area (Å²) in [6.07, 6.45) is -13.6. The predicted octanol–water partition coefficient (Wildman–Crippen LogP) is 4.54. The maximum atomic E-state index is 13.1. The van der Waals surface area contributed by atoms with Gasteiger partial charge in [0.05, 0.1) is 0 Å². The van der Waals surface area contributed by atoms with Gasteiger partial charge in [-0.05, 0) is 6.42 Å². The van der Waals surface area contributed by atoms with E-state index in [0.717, 1.165) is 7.11 Å². The van der Waals surface area contributed by atoms with Crippen molar-refractivity contribution in [2.45, 2.75) is 50.8 Å². The number of ether oxygens (including phenoxy) is 2. The van der Waals surface area contributed by atoms with Crippen LogP contribution in [-0.2, 0) is 9.47 Å². The summed E-state index contributed by atoms with van der Waals surface area (Å²) in [4.78, 5) is 0. The molecule has 0 rings (SSSR count). The fourth-order valence-corrected chi connectivity index (χ4v) is 1.22. The Labute approximate surface area is 116 Å². The molecule has 0 fully saturated rings. The van der Waals surface area contributed by atoms with Crippen molar-refractivity contribution in [3.63, 3.8) is 0 Å². The van der Waals surface area contributed by atoms with Gasteiger partial charge in [0.15, 0.2) is 0 Å². The molecule has 0 heterocycles. The van der Waals surface area contributed by atoms with Crippen LogP contribution in [-0.4, -0.2) is 37.8 Å². The first kappa shape index (κ1) is 20.4. The third-order valence-corrected chi connectivity index (χ3v) is 2.63. The number of methoxy groups -OCH3 is 1. The first-order chi connectivity index (χ1) is 9.21. The second-order valence-electron chi connectivity index (χ2n) is 4.71. The van der Waals surface area contributed by atoms with E-state index in [2.05, 4.69) is 9.47 Å². The summed E-state index contributed by atoms with van der Waals surface area (Å²) in [7, 11) is 1.12. The third kappa shape index (κ3) is 4.67. The van der Waals surface area contributed by atoms with Crippen LogP contribution in [0, 0.1) is 5.92 Å². The quantitative estimate of drug-likeness (QED) is 0.456. The van der Waals surface area contributed by atoms with Gasteiger partial charge in [-0.2, -0.15) is 35.1 Å². The summed E-state index contributed by atoms with van der Waals surface area (Å²) in [5, 5.41) is 0. The van der Waals surface area contributed by atoms with E-state index in [1.54, 1.807) is 0 Å². The zero-order chi connectivity index (χ0) is 17.1. The molecular formula is C11H16F8O2. The molecule has 2 nitrogen and oxygen atoms in total. The summed E-state index contributed by atoms with van der Waals surface area (Å²) in [6, 6.07) is 0. The molecule has 0 N–H and O–H groups in total. The largest absolute Gasteiger partial charge is 0.424 e. The van der Waals surface area contributed by atoms with E-state index in [-0.39, 0.29) is 6.61 Å². The first-order valence-corrected chi connectivity index (χ1v) is 5.91. The van der Waals surface area contributed by atoms with Crippen molar-refractivity contribution in [2.75, 3.05) is 13.7 Å². The average molecular weight is 332 g/mol. The van der Waals surface area contributed by atoms with Gasteiger partial charge in [-0.3, -0.25) is 0 Å². The molecule has 0 amide bonds. The van der Waals surface area contributed by atoms with E-state index in [1.165, 1.54) is 0 Å². The van der Waals surface area contributed by atoms with Crippen LogP contribution < -0.4 is 0 Å². The van der Waals surface area contributed by atoms with Crippen molar-refractivity contribution in [3.8, 4) is 0 Å². The highest BCUT2D eigenvalue weighted by atomic mass is 19.3. The van der Waals surface area contributed by atoms with Crippen LogP contribution in [0.15, 0.2) is 0 Å². The van der Waals surface area contributed by atoms with Crippen LogP contribution in [0.5, 0.6) is 0 Å². The van der Waals surface area contributed by atoms with E-state index in [0.29, 0.717) is 13.8 Å². The normalized spacial score (nSPS) is 14.9. The molecule has 0 aliphatic carbocycles. The van der Waals surface area contributed by atoms with Crippen molar-refractivity contribution in [1.29, 1.82) is 0 Å². The Balaban J connectivity index is 5.08. The van der Waals surface area contributed by atoms with Gasteiger partial charge in [0.25, 0.3) is 0 Å². The van der Waals surface area contributed by atoms with E-state index < -0.39 is 42.8 Å². The Hall–Kier alpha value is -0.640. The minimum Gasteiger partial charge on any atom is -0.385 e. The number of halogens is 8. The Morgan fingerprint density at radius 1 is 0.857 bits per heavy atom. The maximum absolute atomic E-state index is 13.1. The first-order valence-electron chi connectivity index (χ1n) is 5.91. The zero-order valence-corrected chi connectivity index (χ0v) is 11.5. The second-order valence-corrected chi connectivity index (χ2v) is 4.71. The SMILES string of the molecule is COCCCC(F)(F)C(F)(F)OC(F)(F)C(F)(F)C(C)C. The molecule has 0 saturated heterocycles. The average Bonchev–Trinajstić information content (AvgIpc) is 2.26. The Bertz CT molecular complexity index is 330. The molecule has 0 saturated carbocycles. The van der Waals surface area contributed by atoms with Crippen LogP contribution >= 0.6 is 0 Å². The van der Waals surface area contributed by atoms with Crippen LogP contribution in [0.2, 0.25) is 0 Å². The number of rotatable bonds is 9. The van der Waals surface area contributed by atoms with E-state index in [9.17, 15) is 35.1 Å². The molecule has 0 aromatic heterocycles. The van der Waals surface area contributed by atoms with Gasteiger partial charge in [0.1, 0.15) is 0 Å². The van der Waals surface area contributed by atoms with Gasteiger partial charge in [-0.25, -0.2) is 4.74 Å². The molecule has 0 unspecified atom stereocenters. The fourth-order valence-electron chi connectivity index (χ4n) is 1.22. The zero-order valence-electron chi connectivity index (χ0n) is 11.5. The monoisotopic (exact) mass is 332 g/mol. The summed E-state index contributed by atoms with van der Waals surface area (Å²) >= 11 is 0. The third-order valence-electron chi connectivity index (χ3n) is 2.63. The lowest BCUT2D eigenvalue weighted by atomic mass is 10.1. The van der Waals surface area contributed by atoms with Crippen LogP contribution in [0.25, 0.3) is 0 Å². The Kier molecular flexibility index (Phi) is 6.43. The lowest BCUT2D eigenvalue weighted by Gasteiger charge is -2.34. The van der Waals surface area contributed by atoms with E-state index >= 15 is 0 Å². The highest BCUT2D eigenvalue weighted by molar-refractivity contribution is 4.85. The molecule has 0 radical (unpaired) electrons. The second kappa shape index (κ2) is 6.64. The summed E-state index contributed by atoms with van der Waals surface area (Å²) in [6.45, 7) is 0.905. The topological polar surface area (TPSA) is 18.5 Å². The molecule has 128 valence electrons. The molecule has 0 spiro atoms. The highest BCUT2D eigenvalue weighted by Gasteiger charge is 2.69. The molecule has 0 atom stereocenters. The number of hydrogen-bond acceptors (Lipinski definition) is 2. The van der Waals surface area contributed by atoms with Gasteiger partial charge in [0, 0.05) is 26.1 Å². The van der Waals surface area contributed by atoms with Gasteiger partial charge >= 0.3 is 24.1 Å². The van der Waals surface area contributed by atoms with E-state index in [4.69, 9.17) is 0 Å². The van der Waals surface area contributed by atoms with Crippen LogP contribution in [0.4, 0.5) is 35.1 Å². The van der Waals surface area contributed by atoms with Gasteiger partial charge < -0.3 is 4.74 Å².